The molecule has 2 aromatic rings. The Balaban J connectivity index is 1.32. The Labute approximate surface area is 243 Å². The number of allylic oxidation sites excluding steroid dienone is 1. The molecule has 0 unspecified atom stereocenters. The van der Waals surface area contributed by atoms with Crippen molar-refractivity contribution in [2.75, 3.05) is 12.4 Å². The lowest BCUT2D eigenvalue weighted by atomic mass is 9.87. The smallest absolute Gasteiger partial charge is 0.419 e. The van der Waals surface area contributed by atoms with E-state index in [0.717, 1.165) is 12.1 Å². The lowest BCUT2D eigenvalue weighted by Gasteiger charge is -2.29. The van der Waals surface area contributed by atoms with E-state index in [1.165, 1.54) is 13.2 Å². The van der Waals surface area contributed by atoms with Crippen molar-refractivity contribution < 1.29 is 45.8 Å². The molecule has 2 aromatic carbocycles. The van der Waals surface area contributed by atoms with Crippen molar-refractivity contribution >= 4 is 23.4 Å². The standard InChI is InChI=1S/C30H30F5N3O5/c1-42-23-13-22(32)24(43-18-7-4-14(5-8-18)27(36)39)12-19(23)28(40)38-26-16-3-2-15(10-16)25(26)29(41)37-17-6-9-21(31)20(11-17)30(33,34)35/h2-3,6,9,11-16,18,25-26H,4-5,7-8,10H2,1H3,(H2,36,39)(H,37,41)(H,38,40)/t14?,15-,16+,18?,25+,26-/m1/s1. The van der Waals surface area contributed by atoms with E-state index in [0.29, 0.717) is 44.2 Å². The number of nitrogens with one attached hydrogen (secondary N) is 2. The van der Waals surface area contributed by atoms with Crippen molar-refractivity contribution in [3.63, 3.8) is 0 Å². The van der Waals surface area contributed by atoms with E-state index in [-0.39, 0.29) is 52.5 Å². The Bertz CT molecular complexity index is 1450. The van der Waals surface area contributed by atoms with Gasteiger partial charge in [0.1, 0.15) is 11.6 Å². The number of alkyl halides is 3. The van der Waals surface area contributed by atoms with Gasteiger partial charge in [-0.2, -0.15) is 13.2 Å². The molecular formula is C30H30F5N3O5. The molecule has 2 fully saturated rings. The summed E-state index contributed by atoms with van der Waals surface area (Å²) in [6.45, 7) is 0. The molecule has 2 bridgehead atoms. The zero-order valence-corrected chi connectivity index (χ0v) is 23.0. The second kappa shape index (κ2) is 11.8. The molecular weight excluding hydrogens is 577 g/mol. The predicted octanol–water partition coefficient (Wildman–Crippen LogP) is 4.97. The quantitative estimate of drug-likeness (QED) is 0.289. The highest BCUT2D eigenvalue weighted by atomic mass is 19.4. The first kappa shape index (κ1) is 30.3. The second-order valence-electron chi connectivity index (χ2n) is 11.1. The lowest BCUT2D eigenvalue weighted by molar-refractivity contribution is -0.140. The van der Waals surface area contributed by atoms with E-state index in [2.05, 4.69) is 10.6 Å². The third-order valence-corrected chi connectivity index (χ3v) is 8.47. The number of fused-ring (bicyclic) bond motifs is 2. The fourth-order valence-corrected chi connectivity index (χ4v) is 6.27. The molecule has 0 aliphatic heterocycles. The number of halogens is 5. The molecule has 13 heteroatoms. The molecule has 3 amide bonds. The van der Waals surface area contributed by atoms with Crippen LogP contribution in [0.2, 0.25) is 0 Å². The zero-order valence-electron chi connectivity index (χ0n) is 23.0. The van der Waals surface area contributed by atoms with Gasteiger partial charge in [-0.1, -0.05) is 12.2 Å². The van der Waals surface area contributed by atoms with Crippen molar-refractivity contribution in [3.05, 3.63) is 65.2 Å². The number of nitrogens with two attached hydrogens (primary N) is 1. The van der Waals surface area contributed by atoms with Crippen LogP contribution in [-0.4, -0.2) is 37.0 Å². The highest BCUT2D eigenvalue weighted by molar-refractivity contribution is 5.99. The van der Waals surface area contributed by atoms with Gasteiger partial charge < -0.3 is 25.8 Å². The van der Waals surface area contributed by atoms with E-state index >= 15 is 0 Å². The summed E-state index contributed by atoms with van der Waals surface area (Å²) in [7, 11) is 1.27. The Morgan fingerprint density at radius 2 is 1.63 bits per heavy atom. The topological polar surface area (TPSA) is 120 Å². The van der Waals surface area contributed by atoms with Crippen molar-refractivity contribution in [1.82, 2.24) is 5.32 Å². The summed E-state index contributed by atoms with van der Waals surface area (Å²) in [6.07, 6.45) is 0.838. The number of anilines is 1. The van der Waals surface area contributed by atoms with Crippen molar-refractivity contribution in [1.29, 1.82) is 0 Å². The molecule has 2 saturated carbocycles. The Kier molecular flexibility index (Phi) is 8.35. The van der Waals surface area contributed by atoms with Crippen molar-refractivity contribution in [3.8, 4) is 11.5 Å². The zero-order chi connectivity index (χ0) is 31.1. The minimum atomic E-state index is -4.95. The van der Waals surface area contributed by atoms with E-state index < -0.39 is 47.1 Å². The van der Waals surface area contributed by atoms with E-state index in [4.69, 9.17) is 15.2 Å². The van der Waals surface area contributed by atoms with Gasteiger partial charge in [-0.25, -0.2) is 8.78 Å². The maximum atomic E-state index is 14.9. The lowest BCUT2D eigenvalue weighted by Crippen LogP contribution is -2.47. The molecule has 0 aromatic heterocycles. The van der Waals surface area contributed by atoms with Crippen LogP contribution in [0.25, 0.3) is 0 Å². The van der Waals surface area contributed by atoms with Crippen LogP contribution in [0.15, 0.2) is 42.5 Å². The van der Waals surface area contributed by atoms with Gasteiger partial charge in [-0.3, -0.25) is 14.4 Å². The Hall–Kier alpha value is -4.16. The third-order valence-electron chi connectivity index (χ3n) is 8.47. The van der Waals surface area contributed by atoms with Crippen LogP contribution in [-0.2, 0) is 15.8 Å². The molecule has 4 atom stereocenters. The van der Waals surface area contributed by atoms with Gasteiger partial charge in [0.05, 0.1) is 30.3 Å². The fraction of sp³-hybridized carbons (Fsp3) is 0.433. The van der Waals surface area contributed by atoms with Crippen LogP contribution in [0.5, 0.6) is 11.5 Å². The summed E-state index contributed by atoms with van der Waals surface area (Å²) in [4.78, 5) is 38.3. The summed E-state index contributed by atoms with van der Waals surface area (Å²) in [6, 6.07) is 3.70. The molecule has 3 aliphatic carbocycles. The van der Waals surface area contributed by atoms with Gasteiger partial charge in [-0.05, 0) is 68.2 Å². The number of methoxy groups -OCH3 is 1. The largest absolute Gasteiger partial charge is 0.496 e. The molecule has 3 aliphatic rings. The number of carbonyl (C=O) groups is 3. The van der Waals surface area contributed by atoms with Crippen LogP contribution >= 0.6 is 0 Å². The first-order chi connectivity index (χ1) is 20.3. The van der Waals surface area contributed by atoms with E-state index in [9.17, 15) is 36.3 Å². The molecule has 43 heavy (non-hydrogen) atoms. The maximum Gasteiger partial charge on any atom is 0.419 e. The van der Waals surface area contributed by atoms with Crippen LogP contribution in [0.1, 0.15) is 48.0 Å². The van der Waals surface area contributed by atoms with Gasteiger partial charge in [0.25, 0.3) is 5.91 Å². The van der Waals surface area contributed by atoms with E-state index in [1.54, 1.807) is 0 Å². The minimum absolute atomic E-state index is 0.0380. The molecule has 0 saturated heterocycles. The highest BCUT2D eigenvalue weighted by Gasteiger charge is 2.49. The summed E-state index contributed by atoms with van der Waals surface area (Å²) in [5.74, 6) is -5.76. The van der Waals surface area contributed by atoms with Gasteiger partial charge >= 0.3 is 6.18 Å². The highest BCUT2D eigenvalue weighted by Crippen LogP contribution is 2.45. The number of primary amides is 1. The maximum absolute atomic E-state index is 14.9. The predicted molar refractivity (Wildman–Crippen MR) is 144 cm³/mol. The SMILES string of the molecule is COc1cc(F)c(OC2CCC(C(N)=O)CC2)cc1C(=O)N[C@H]1[C@@H](C(=O)Nc2ccc(F)c(C(F)(F)F)c2)[C@@H]2C=C[C@H]1C2. The number of amides is 3. The fourth-order valence-electron chi connectivity index (χ4n) is 6.27. The molecule has 8 nitrogen and oxygen atoms in total. The Morgan fingerprint density at radius 3 is 2.28 bits per heavy atom. The van der Waals surface area contributed by atoms with Gasteiger partial charge in [0.15, 0.2) is 11.6 Å². The first-order valence-corrected chi connectivity index (χ1v) is 13.9. The summed E-state index contributed by atoms with van der Waals surface area (Å²) in [5.41, 5.74) is 3.60. The molecule has 4 N–H and O–H groups in total. The number of carbonyl (C=O) groups excluding carboxylic acids is 3. The average molecular weight is 608 g/mol. The molecule has 5 rings (SSSR count). The molecule has 0 radical (unpaired) electrons. The number of hydrogen-bond donors (Lipinski definition) is 3. The average Bonchev–Trinajstić information content (AvgIpc) is 3.56. The van der Waals surface area contributed by atoms with Gasteiger partial charge in [0.2, 0.25) is 11.8 Å². The summed E-state index contributed by atoms with van der Waals surface area (Å²) < 4.78 is 79.3. The van der Waals surface area contributed by atoms with Crippen LogP contribution in [0.4, 0.5) is 27.6 Å². The monoisotopic (exact) mass is 607 g/mol. The van der Waals surface area contributed by atoms with E-state index in [1.807, 2.05) is 12.2 Å². The van der Waals surface area contributed by atoms with Crippen LogP contribution in [0, 0.1) is 35.3 Å². The molecule has 0 spiro atoms. The second-order valence-corrected chi connectivity index (χ2v) is 11.1. The van der Waals surface area contributed by atoms with Gasteiger partial charge in [0, 0.05) is 23.7 Å². The third kappa shape index (κ3) is 6.30. The number of benzene rings is 2. The summed E-state index contributed by atoms with van der Waals surface area (Å²) in [5, 5.41) is 5.26. The first-order valence-electron chi connectivity index (χ1n) is 13.9. The summed E-state index contributed by atoms with van der Waals surface area (Å²) >= 11 is 0. The minimum Gasteiger partial charge on any atom is -0.496 e. The van der Waals surface area contributed by atoms with Crippen LogP contribution < -0.4 is 25.8 Å². The van der Waals surface area contributed by atoms with Gasteiger partial charge in [-0.15, -0.1) is 0 Å². The number of ether oxygens (including phenoxy) is 2. The Morgan fingerprint density at radius 1 is 0.930 bits per heavy atom. The van der Waals surface area contributed by atoms with Crippen molar-refractivity contribution in [2.24, 2.45) is 29.4 Å². The molecule has 230 valence electrons. The van der Waals surface area contributed by atoms with Crippen LogP contribution in [0.3, 0.4) is 0 Å². The number of hydrogen-bond acceptors (Lipinski definition) is 5. The number of rotatable bonds is 8. The van der Waals surface area contributed by atoms with Crippen molar-refractivity contribution in [2.45, 2.75) is 50.4 Å². The normalized spacial score (nSPS) is 26.2. The molecule has 0 heterocycles.